The van der Waals surface area contributed by atoms with Gasteiger partial charge in [-0.3, -0.25) is 14.5 Å². The number of alkyl halides is 3. The van der Waals surface area contributed by atoms with Crippen molar-refractivity contribution in [3.8, 4) is 0 Å². The number of halogens is 3. The van der Waals surface area contributed by atoms with Crippen LogP contribution in [-0.4, -0.2) is 82.1 Å². The smallest absolute Gasteiger partial charge is 0.442 e. The molecule has 3 heterocycles. The number of aromatic nitrogens is 4. The van der Waals surface area contributed by atoms with Crippen molar-refractivity contribution in [2.75, 3.05) is 11.5 Å². The number of carbonyl (C=O) groups excluding carboxylic acids is 2. The molecule has 0 aromatic carbocycles. The van der Waals surface area contributed by atoms with Crippen LogP contribution in [0.5, 0.6) is 0 Å². The Balaban J connectivity index is 1.71. The van der Waals surface area contributed by atoms with Gasteiger partial charge in [0.1, 0.15) is 17.1 Å². The molecule has 158 valence electrons. The van der Waals surface area contributed by atoms with E-state index < -0.39 is 52.2 Å². The number of carboxylic acids is 1. The van der Waals surface area contributed by atoms with Crippen LogP contribution in [0.25, 0.3) is 0 Å². The van der Waals surface area contributed by atoms with Crippen LogP contribution < -0.4 is 5.32 Å². The van der Waals surface area contributed by atoms with E-state index in [9.17, 15) is 32.7 Å². The minimum absolute atomic E-state index is 0.197. The molecule has 3 rings (SSSR count). The minimum atomic E-state index is -4.56. The largest absolute Gasteiger partial charge is 0.477 e. The number of carboxylic acid groups (broad SMARTS) is 1. The number of rotatable bonds is 7. The fourth-order valence-electron chi connectivity index (χ4n) is 2.75. The fourth-order valence-corrected chi connectivity index (χ4v) is 5.54. The van der Waals surface area contributed by atoms with E-state index in [1.807, 2.05) is 0 Å². The lowest BCUT2D eigenvalue weighted by Gasteiger charge is -2.50. The van der Waals surface area contributed by atoms with Gasteiger partial charge in [0, 0.05) is 11.0 Å². The maximum atomic E-state index is 12.5. The van der Waals surface area contributed by atoms with E-state index in [0.29, 0.717) is 10.7 Å². The van der Waals surface area contributed by atoms with Gasteiger partial charge in [-0.25, -0.2) is 4.79 Å². The summed E-state index contributed by atoms with van der Waals surface area (Å²) in [5, 5.41) is 24.4. The summed E-state index contributed by atoms with van der Waals surface area (Å²) in [4.78, 5) is 37.0. The number of carbonyl (C=O) groups is 3. The SMILES string of the molecule is CC(Sc1nn[nH]n1)C1=C(C(=O)O)N2C(=O)C(NC(=O)CSC(F)(F)F)[C@@H]2SC1. The lowest BCUT2D eigenvalue weighted by molar-refractivity contribution is -0.150. The molecular weight excluding hydrogens is 457 g/mol. The molecule has 3 atom stereocenters. The molecule has 0 bridgehead atoms. The van der Waals surface area contributed by atoms with Gasteiger partial charge in [0.25, 0.3) is 5.91 Å². The number of hydrogen-bond acceptors (Lipinski definition) is 9. The molecule has 0 saturated carbocycles. The van der Waals surface area contributed by atoms with E-state index in [1.165, 1.54) is 11.8 Å². The summed E-state index contributed by atoms with van der Waals surface area (Å²) in [6.07, 6.45) is 0. The van der Waals surface area contributed by atoms with E-state index in [-0.39, 0.29) is 16.7 Å². The Hall–Kier alpha value is -1.94. The lowest BCUT2D eigenvalue weighted by Crippen LogP contribution is -2.70. The number of thioether (sulfide) groups is 3. The van der Waals surface area contributed by atoms with Crippen molar-refractivity contribution in [1.29, 1.82) is 0 Å². The van der Waals surface area contributed by atoms with Crippen molar-refractivity contribution in [1.82, 2.24) is 30.8 Å². The molecule has 2 amide bonds. The van der Waals surface area contributed by atoms with E-state index in [4.69, 9.17) is 0 Å². The second kappa shape index (κ2) is 8.43. The normalized spacial score (nSPS) is 22.8. The summed E-state index contributed by atoms with van der Waals surface area (Å²) >= 11 is 1.87. The zero-order valence-corrected chi connectivity index (χ0v) is 16.9. The van der Waals surface area contributed by atoms with Crippen LogP contribution in [0.1, 0.15) is 6.92 Å². The summed E-state index contributed by atoms with van der Waals surface area (Å²) in [5.74, 6) is -3.56. The van der Waals surface area contributed by atoms with E-state index in [2.05, 4.69) is 25.9 Å². The minimum Gasteiger partial charge on any atom is -0.477 e. The van der Waals surface area contributed by atoms with Gasteiger partial charge in [-0.2, -0.15) is 18.4 Å². The molecule has 2 aliphatic rings. The molecule has 0 spiro atoms. The first-order valence-corrected chi connectivity index (χ1v) is 10.8. The molecule has 0 aliphatic carbocycles. The van der Waals surface area contributed by atoms with Crippen molar-refractivity contribution in [2.45, 2.75) is 34.3 Å². The number of H-pyrrole nitrogens is 1. The van der Waals surface area contributed by atoms with E-state index in [1.54, 1.807) is 6.92 Å². The van der Waals surface area contributed by atoms with Gasteiger partial charge in [0.15, 0.2) is 0 Å². The van der Waals surface area contributed by atoms with Gasteiger partial charge < -0.3 is 10.4 Å². The molecule has 2 aliphatic heterocycles. The highest BCUT2D eigenvalue weighted by Crippen LogP contribution is 2.43. The Kier molecular flexibility index (Phi) is 6.33. The van der Waals surface area contributed by atoms with Gasteiger partial charge in [0.05, 0.1) is 5.75 Å². The van der Waals surface area contributed by atoms with Crippen LogP contribution in [0.2, 0.25) is 0 Å². The number of hydrogen-bond donors (Lipinski definition) is 3. The van der Waals surface area contributed by atoms with Gasteiger partial charge in [0.2, 0.25) is 11.1 Å². The summed E-state index contributed by atoms with van der Waals surface area (Å²) in [6.45, 7) is 1.73. The third-order valence-electron chi connectivity index (χ3n) is 3.98. The van der Waals surface area contributed by atoms with E-state index in [0.717, 1.165) is 16.7 Å². The number of amides is 2. The van der Waals surface area contributed by atoms with Crippen LogP contribution in [-0.2, 0) is 14.4 Å². The third-order valence-corrected chi connectivity index (χ3v) is 7.04. The number of tetrazole rings is 1. The standard InChI is InChI=1S/C13H13F3N6O4S3/c1-4(29-12-18-20-21-19-12)5-2-27-10-7(9(24)22(10)8(5)11(25)26)17-6(23)3-28-13(14,15)16/h4,7,10H,2-3H2,1H3,(H,17,23)(H,25,26)(H,18,19,20,21)/t4?,7?,10-/m0/s1. The van der Waals surface area contributed by atoms with Crippen LogP contribution in [0.15, 0.2) is 16.4 Å². The molecule has 1 aromatic heterocycles. The first kappa shape index (κ1) is 21.8. The molecule has 1 saturated heterocycles. The Morgan fingerprint density at radius 1 is 1.48 bits per heavy atom. The number of aliphatic carboxylic acids is 1. The maximum absolute atomic E-state index is 12.5. The van der Waals surface area contributed by atoms with Crippen molar-refractivity contribution in [3.63, 3.8) is 0 Å². The Bertz CT molecular complexity index is 849. The van der Waals surface area contributed by atoms with Crippen molar-refractivity contribution in [3.05, 3.63) is 11.3 Å². The average molecular weight is 470 g/mol. The number of nitrogens with zero attached hydrogens (tertiary/aromatic N) is 4. The topological polar surface area (TPSA) is 141 Å². The molecule has 2 unspecified atom stereocenters. The highest BCUT2D eigenvalue weighted by atomic mass is 32.2. The number of β-lactam (4-membered cyclic amide) rings is 1. The monoisotopic (exact) mass is 470 g/mol. The number of fused-ring (bicyclic) bond motifs is 1. The highest BCUT2D eigenvalue weighted by Gasteiger charge is 2.54. The molecule has 3 N–H and O–H groups in total. The summed E-state index contributed by atoms with van der Waals surface area (Å²) < 4.78 is 36.6. The zero-order valence-electron chi connectivity index (χ0n) is 14.5. The van der Waals surface area contributed by atoms with Crippen molar-refractivity contribution < 1.29 is 32.7 Å². The average Bonchev–Trinajstić information content (AvgIpc) is 3.15. The third kappa shape index (κ3) is 4.80. The van der Waals surface area contributed by atoms with Crippen LogP contribution >= 0.6 is 35.3 Å². The quantitative estimate of drug-likeness (QED) is 0.385. The summed E-state index contributed by atoms with van der Waals surface area (Å²) in [6, 6.07) is -1.07. The zero-order chi connectivity index (χ0) is 21.3. The molecule has 1 fully saturated rings. The molecule has 29 heavy (non-hydrogen) atoms. The van der Waals surface area contributed by atoms with Crippen LogP contribution in [0.4, 0.5) is 13.2 Å². The van der Waals surface area contributed by atoms with Crippen LogP contribution in [0.3, 0.4) is 0 Å². The molecular formula is C13H13F3N6O4S3. The van der Waals surface area contributed by atoms with Gasteiger partial charge in [-0.1, -0.05) is 11.8 Å². The van der Waals surface area contributed by atoms with Crippen molar-refractivity contribution >= 4 is 53.1 Å². The maximum Gasteiger partial charge on any atom is 0.442 e. The molecule has 16 heteroatoms. The molecule has 0 radical (unpaired) electrons. The fraction of sp³-hybridized carbons (Fsp3) is 0.538. The van der Waals surface area contributed by atoms with Gasteiger partial charge >= 0.3 is 11.5 Å². The number of nitrogens with one attached hydrogen (secondary N) is 2. The predicted octanol–water partition coefficient (Wildman–Crippen LogP) is 0.672. The molecule has 10 nitrogen and oxygen atoms in total. The first-order valence-electron chi connectivity index (χ1n) is 7.89. The summed E-state index contributed by atoms with van der Waals surface area (Å²) in [5.41, 5.74) is -4.29. The van der Waals surface area contributed by atoms with Gasteiger partial charge in [-0.05, 0) is 29.5 Å². The highest BCUT2D eigenvalue weighted by molar-refractivity contribution is 8.01. The predicted molar refractivity (Wildman–Crippen MR) is 97.7 cm³/mol. The lowest BCUT2D eigenvalue weighted by atomic mass is 10.0. The second-order valence-electron chi connectivity index (χ2n) is 5.82. The number of aromatic amines is 1. The Morgan fingerprint density at radius 3 is 2.79 bits per heavy atom. The van der Waals surface area contributed by atoms with Crippen molar-refractivity contribution in [2.24, 2.45) is 0 Å². The Morgan fingerprint density at radius 2 is 2.21 bits per heavy atom. The second-order valence-corrected chi connectivity index (χ2v) is 9.28. The molecule has 1 aromatic rings. The van der Waals surface area contributed by atoms with Gasteiger partial charge in [-0.15, -0.1) is 22.0 Å². The van der Waals surface area contributed by atoms with Crippen LogP contribution in [0, 0.1) is 0 Å². The Labute approximate surface area is 173 Å². The summed E-state index contributed by atoms with van der Waals surface area (Å²) in [7, 11) is 0. The first-order chi connectivity index (χ1) is 13.6. The van der Waals surface area contributed by atoms with E-state index >= 15 is 0 Å².